The number of rotatable bonds is 6. The number of nitrogens with one attached hydrogen (secondary N) is 1. The monoisotopic (exact) mass is 171 g/mol. The zero-order chi connectivity index (χ0) is 9.56. The van der Waals surface area contributed by atoms with Crippen LogP contribution in [0.25, 0.3) is 0 Å². The van der Waals surface area contributed by atoms with Gasteiger partial charge < -0.3 is 5.32 Å². The van der Waals surface area contributed by atoms with Crippen molar-refractivity contribution in [2.75, 3.05) is 6.54 Å². The van der Waals surface area contributed by atoms with Crippen molar-refractivity contribution in [2.45, 2.75) is 53.5 Å². The van der Waals surface area contributed by atoms with Gasteiger partial charge in [-0.3, -0.25) is 0 Å². The van der Waals surface area contributed by atoms with Crippen LogP contribution in [0, 0.1) is 11.8 Å². The Labute approximate surface area is 77.9 Å². The van der Waals surface area contributed by atoms with Gasteiger partial charge in [0.15, 0.2) is 0 Å². The zero-order valence-corrected chi connectivity index (χ0v) is 9.35. The first-order valence-electron chi connectivity index (χ1n) is 5.31. The SMILES string of the molecule is CC[C@@H](C)[C@@H](C)NCCC(C)C. The minimum atomic E-state index is 0.675. The van der Waals surface area contributed by atoms with Crippen LogP contribution in [0.5, 0.6) is 0 Å². The summed E-state index contributed by atoms with van der Waals surface area (Å²) in [6.45, 7) is 12.6. The van der Waals surface area contributed by atoms with E-state index in [0.717, 1.165) is 11.8 Å². The maximum absolute atomic E-state index is 3.56. The lowest BCUT2D eigenvalue weighted by atomic mass is 10.0. The van der Waals surface area contributed by atoms with Crippen LogP contribution in [0.15, 0.2) is 0 Å². The Bertz CT molecular complexity index is 99.2. The molecule has 0 aromatic heterocycles. The van der Waals surface area contributed by atoms with Crippen LogP contribution >= 0.6 is 0 Å². The molecule has 0 aromatic carbocycles. The third kappa shape index (κ3) is 5.59. The van der Waals surface area contributed by atoms with E-state index < -0.39 is 0 Å². The smallest absolute Gasteiger partial charge is 0.00642 e. The highest BCUT2D eigenvalue weighted by molar-refractivity contribution is 4.66. The molecule has 1 heteroatoms. The molecule has 0 aliphatic rings. The van der Waals surface area contributed by atoms with Crippen molar-refractivity contribution in [1.82, 2.24) is 5.32 Å². The molecule has 0 bridgehead atoms. The molecule has 0 heterocycles. The highest BCUT2D eigenvalue weighted by atomic mass is 14.9. The predicted molar refractivity (Wildman–Crippen MR) is 56.4 cm³/mol. The lowest BCUT2D eigenvalue weighted by Gasteiger charge is -2.20. The van der Waals surface area contributed by atoms with Gasteiger partial charge in [-0.15, -0.1) is 0 Å². The molecule has 0 unspecified atom stereocenters. The van der Waals surface area contributed by atoms with E-state index >= 15 is 0 Å². The summed E-state index contributed by atoms with van der Waals surface area (Å²) < 4.78 is 0. The van der Waals surface area contributed by atoms with Crippen LogP contribution in [-0.4, -0.2) is 12.6 Å². The molecule has 0 radical (unpaired) electrons. The summed E-state index contributed by atoms with van der Waals surface area (Å²) in [6, 6.07) is 0.675. The lowest BCUT2D eigenvalue weighted by Crippen LogP contribution is -2.33. The van der Waals surface area contributed by atoms with Crippen molar-refractivity contribution in [3.05, 3.63) is 0 Å². The molecule has 1 N–H and O–H groups in total. The summed E-state index contributed by atoms with van der Waals surface area (Å²) in [5.74, 6) is 1.62. The minimum absolute atomic E-state index is 0.675. The number of hydrogen-bond acceptors (Lipinski definition) is 1. The predicted octanol–water partition coefficient (Wildman–Crippen LogP) is 3.06. The van der Waals surface area contributed by atoms with Crippen molar-refractivity contribution < 1.29 is 0 Å². The van der Waals surface area contributed by atoms with Crippen LogP contribution < -0.4 is 5.32 Å². The van der Waals surface area contributed by atoms with Gasteiger partial charge in [-0.1, -0.05) is 34.1 Å². The molecule has 2 atom stereocenters. The summed E-state index contributed by atoms with van der Waals surface area (Å²) in [7, 11) is 0. The van der Waals surface area contributed by atoms with Crippen molar-refractivity contribution >= 4 is 0 Å². The van der Waals surface area contributed by atoms with Gasteiger partial charge in [0.1, 0.15) is 0 Å². The van der Waals surface area contributed by atoms with Crippen LogP contribution in [0.1, 0.15) is 47.5 Å². The molecule has 0 saturated heterocycles. The Morgan fingerprint density at radius 1 is 1.08 bits per heavy atom. The van der Waals surface area contributed by atoms with Gasteiger partial charge in [-0.25, -0.2) is 0 Å². The largest absolute Gasteiger partial charge is 0.314 e. The molecule has 74 valence electrons. The highest BCUT2D eigenvalue weighted by Gasteiger charge is 2.08. The Morgan fingerprint density at radius 2 is 1.67 bits per heavy atom. The Balaban J connectivity index is 3.37. The second-order valence-corrected chi connectivity index (χ2v) is 4.31. The standard InChI is InChI=1S/C11H25N/c1-6-10(4)11(5)12-8-7-9(2)3/h9-12H,6-8H2,1-5H3/t10-,11-/m1/s1. The van der Waals surface area contributed by atoms with Crippen molar-refractivity contribution in [2.24, 2.45) is 11.8 Å². The first kappa shape index (κ1) is 12.0. The van der Waals surface area contributed by atoms with Gasteiger partial charge >= 0.3 is 0 Å². The highest BCUT2D eigenvalue weighted by Crippen LogP contribution is 2.07. The first-order chi connectivity index (χ1) is 5.57. The van der Waals surface area contributed by atoms with E-state index in [-0.39, 0.29) is 0 Å². The topological polar surface area (TPSA) is 12.0 Å². The van der Waals surface area contributed by atoms with Gasteiger partial charge in [0.25, 0.3) is 0 Å². The van der Waals surface area contributed by atoms with Gasteiger partial charge in [-0.2, -0.15) is 0 Å². The van der Waals surface area contributed by atoms with E-state index in [1.165, 1.54) is 19.4 Å². The second kappa shape index (κ2) is 6.47. The van der Waals surface area contributed by atoms with E-state index in [1.807, 2.05) is 0 Å². The molecule has 0 spiro atoms. The van der Waals surface area contributed by atoms with Crippen LogP contribution in [0.3, 0.4) is 0 Å². The molecule has 0 aliphatic heterocycles. The van der Waals surface area contributed by atoms with Gasteiger partial charge in [-0.05, 0) is 31.7 Å². The normalized spacial score (nSPS) is 16.5. The molecule has 1 nitrogen and oxygen atoms in total. The Morgan fingerprint density at radius 3 is 2.08 bits per heavy atom. The van der Waals surface area contributed by atoms with E-state index in [4.69, 9.17) is 0 Å². The van der Waals surface area contributed by atoms with E-state index in [1.54, 1.807) is 0 Å². The Kier molecular flexibility index (Phi) is 6.45. The summed E-state index contributed by atoms with van der Waals surface area (Å²) >= 11 is 0. The molecule has 0 aliphatic carbocycles. The first-order valence-corrected chi connectivity index (χ1v) is 5.31. The fourth-order valence-electron chi connectivity index (χ4n) is 1.15. The van der Waals surface area contributed by atoms with E-state index in [2.05, 4.69) is 39.9 Å². The quantitative estimate of drug-likeness (QED) is 0.647. The van der Waals surface area contributed by atoms with Gasteiger partial charge in [0.2, 0.25) is 0 Å². The van der Waals surface area contributed by atoms with Crippen LogP contribution in [0.2, 0.25) is 0 Å². The van der Waals surface area contributed by atoms with Gasteiger partial charge in [0.05, 0.1) is 0 Å². The minimum Gasteiger partial charge on any atom is -0.314 e. The molecule has 0 amide bonds. The third-order valence-corrected chi connectivity index (χ3v) is 2.69. The van der Waals surface area contributed by atoms with Crippen LogP contribution in [-0.2, 0) is 0 Å². The number of hydrogen-bond donors (Lipinski definition) is 1. The molecule has 0 rings (SSSR count). The van der Waals surface area contributed by atoms with Crippen molar-refractivity contribution in [3.63, 3.8) is 0 Å². The summed E-state index contributed by atoms with van der Waals surface area (Å²) in [4.78, 5) is 0. The summed E-state index contributed by atoms with van der Waals surface area (Å²) in [6.07, 6.45) is 2.57. The maximum Gasteiger partial charge on any atom is 0.00642 e. The molecule has 12 heavy (non-hydrogen) atoms. The average Bonchev–Trinajstić information content (AvgIpc) is 2.02. The zero-order valence-electron chi connectivity index (χ0n) is 9.35. The second-order valence-electron chi connectivity index (χ2n) is 4.31. The molecular weight excluding hydrogens is 146 g/mol. The van der Waals surface area contributed by atoms with Crippen molar-refractivity contribution in [3.8, 4) is 0 Å². The van der Waals surface area contributed by atoms with Crippen molar-refractivity contribution in [1.29, 1.82) is 0 Å². The third-order valence-electron chi connectivity index (χ3n) is 2.69. The lowest BCUT2D eigenvalue weighted by molar-refractivity contribution is 0.378. The maximum atomic E-state index is 3.56. The molecular formula is C11H25N. The fourth-order valence-corrected chi connectivity index (χ4v) is 1.15. The van der Waals surface area contributed by atoms with Gasteiger partial charge in [0, 0.05) is 6.04 Å². The average molecular weight is 171 g/mol. The molecule has 0 fully saturated rings. The Hall–Kier alpha value is -0.0400. The summed E-state index contributed by atoms with van der Waals surface area (Å²) in [5.41, 5.74) is 0. The molecule has 0 aromatic rings. The van der Waals surface area contributed by atoms with E-state index in [9.17, 15) is 0 Å². The summed E-state index contributed by atoms with van der Waals surface area (Å²) in [5, 5.41) is 3.56. The van der Waals surface area contributed by atoms with Crippen LogP contribution in [0.4, 0.5) is 0 Å². The molecule has 0 saturated carbocycles. The fraction of sp³-hybridized carbons (Fsp3) is 1.00. The van der Waals surface area contributed by atoms with E-state index in [0.29, 0.717) is 6.04 Å².